The average Bonchev–Trinajstić information content (AvgIpc) is 2.58. The number of carbonyl (C=O) groups is 1. The van der Waals surface area contributed by atoms with Crippen molar-refractivity contribution >= 4 is 29.0 Å². The number of unbranched alkanes of at least 4 members (excludes halogenated alkanes) is 14. The molecule has 0 aliphatic heterocycles. The summed E-state index contributed by atoms with van der Waals surface area (Å²) in [6.07, 6.45) is 22.0. The number of hydrogen-bond donors (Lipinski definition) is 2. The van der Waals surface area contributed by atoms with Gasteiger partial charge in [-0.15, -0.1) is 0 Å². The molecule has 0 aliphatic rings. The van der Waals surface area contributed by atoms with Gasteiger partial charge in [0.25, 0.3) is 0 Å². The van der Waals surface area contributed by atoms with Crippen LogP contribution in [0.1, 0.15) is 132 Å². The zero-order valence-corrected chi connectivity index (χ0v) is 18.9. The van der Waals surface area contributed by atoms with Gasteiger partial charge in [0.15, 0.2) is 0 Å². The molecule has 3 nitrogen and oxygen atoms in total. The largest absolute Gasteiger partial charge is 2.00 e. The first-order valence-corrected chi connectivity index (χ1v) is 11.1. The van der Waals surface area contributed by atoms with Crippen LogP contribution < -0.4 is 0 Å². The Kier molecular flexibility index (Phi) is 25.4. The number of aliphatic carboxylic acids is 1. The molecule has 2 N–H and O–H groups in total. The smallest absolute Gasteiger partial charge is 1.00 e. The predicted molar refractivity (Wildman–Crippen MR) is 115 cm³/mol. The van der Waals surface area contributed by atoms with E-state index < -0.39 is 5.97 Å². The van der Waals surface area contributed by atoms with Crippen LogP contribution in [-0.4, -0.2) is 45.3 Å². The summed E-state index contributed by atoms with van der Waals surface area (Å²) in [5.41, 5.74) is 0. The maximum absolute atomic E-state index is 10.4. The van der Waals surface area contributed by atoms with E-state index in [-0.39, 0.29) is 32.0 Å². The number of carboxylic acids is 1. The van der Waals surface area contributed by atoms with E-state index in [4.69, 9.17) is 5.11 Å². The minimum absolute atomic E-state index is 0. The fraction of sp³-hybridized carbons (Fsp3) is 0.955. The second-order valence-corrected chi connectivity index (χ2v) is 7.68. The van der Waals surface area contributed by atoms with Crippen LogP contribution in [0.25, 0.3) is 0 Å². The van der Waals surface area contributed by atoms with Gasteiger partial charge in [0.1, 0.15) is 0 Å². The van der Waals surface area contributed by atoms with Crippen LogP contribution in [0.3, 0.4) is 0 Å². The molecular formula is C22H46MgO3. The molecule has 0 radical (unpaired) electrons. The van der Waals surface area contributed by atoms with Gasteiger partial charge in [-0.2, -0.15) is 0 Å². The number of aliphatic hydroxyl groups excluding tert-OH is 1. The molecule has 4 heteroatoms. The Morgan fingerprint density at radius 2 is 1.04 bits per heavy atom. The van der Waals surface area contributed by atoms with E-state index in [9.17, 15) is 9.90 Å². The standard InChI is InChI=1S/C22H44O3.Mg.2H/c1-2-3-4-5-6-9-12-15-18-21(23)19-16-13-10-7-8-11-14-17-20-22(24)25;;;/h21,23H,2-20H2,1H3,(H,24,25);;;/q;+2;2*-1. The third-order valence-electron chi connectivity index (χ3n) is 5.07. The molecule has 1 unspecified atom stereocenters. The summed E-state index contributed by atoms with van der Waals surface area (Å²) in [5, 5.41) is 18.6. The molecule has 0 fully saturated rings. The van der Waals surface area contributed by atoms with E-state index in [2.05, 4.69) is 6.92 Å². The van der Waals surface area contributed by atoms with Crippen molar-refractivity contribution in [2.45, 2.75) is 135 Å². The number of carboxylic acid groups (broad SMARTS) is 1. The number of aliphatic hydroxyl groups is 1. The van der Waals surface area contributed by atoms with Crippen molar-refractivity contribution in [3.8, 4) is 0 Å². The van der Waals surface area contributed by atoms with Gasteiger partial charge < -0.3 is 13.1 Å². The minimum atomic E-state index is -0.675. The van der Waals surface area contributed by atoms with E-state index in [0.29, 0.717) is 6.42 Å². The summed E-state index contributed by atoms with van der Waals surface area (Å²) in [6.45, 7) is 2.26. The minimum Gasteiger partial charge on any atom is -1.00 e. The maximum atomic E-state index is 10.4. The Labute approximate surface area is 181 Å². The molecule has 0 amide bonds. The van der Waals surface area contributed by atoms with Crippen LogP contribution in [-0.2, 0) is 4.79 Å². The Balaban J connectivity index is -0.000000960. The number of hydrogen-bond acceptors (Lipinski definition) is 2. The van der Waals surface area contributed by atoms with E-state index in [1.165, 1.54) is 77.0 Å². The Hall–Kier alpha value is 0.196. The second kappa shape index (κ2) is 23.2. The molecule has 0 saturated heterocycles. The molecule has 0 heterocycles. The van der Waals surface area contributed by atoms with Gasteiger partial charge in [0.05, 0.1) is 6.10 Å². The van der Waals surface area contributed by atoms with E-state index in [0.717, 1.165) is 38.5 Å². The topological polar surface area (TPSA) is 57.5 Å². The molecule has 0 bridgehead atoms. The van der Waals surface area contributed by atoms with Crippen molar-refractivity contribution in [2.24, 2.45) is 0 Å². The van der Waals surface area contributed by atoms with Crippen molar-refractivity contribution < 1.29 is 17.9 Å². The van der Waals surface area contributed by atoms with Crippen molar-refractivity contribution in [3.63, 3.8) is 0 Å². The van der Waals surface area contributed by atoms with Gasteiger partial charge >= 0.3 is 29.0 Å². The SMILES string of the molecule is CCCCCCCCCCC(O)CCCCCCCCCCC(=O)O.[H-].[H-].[Mg+2]. The molecule has 0 saturated carbocycles. The predicted octanol–water partition coefficient (Wildman–Crippen LogP) is 6.71. The van der Waals surface area contributed by atoms with E-state index in [1.807, 2.05) is 0 Å². The van der Waals surface area contributed by atoms with Gasteiger partial charge in [-0.25, -0.2) is 0 Å². The van der Waals surface area contributed by atoms with Crippen molar-refractivity contribution in [1.29, 1.82) is 0 Å². The maximum Gasteiger partial charge on any atom is 2.00 e. The summed E-state index contributed by atoms with van der Waals surface area (Å²) in [7, 11) is 0. The summed E-state index contributed by atoms with van der Waals surface area (Å²) < 4.78 is 0. The summed E-state index contributed by atoms with van der Waals surface area (Å²) in [4.78, 5) is 10.4. The van der Waals surface area contributed by atoms with Gasteiger partial charge in [-0.05, 0) is 19.3 Å². The monoisotopic (exact) mass is 382 g/mol. The molecule has 0 rings (SSSR count). The molecule has 0 aromatic carbocycles. The van der Waals surface area contributed by atoms with Gasteiger partial charge in [0, 0.05) is 6.42 Å². The quantitative estimate of drug-likeness (QED) is 0.182. The van der Waals surface area contributed by atoms with Gasteiger partial charge in [-0.1, -0.05) is 103 Å². The Bertz CT molecular complexity index is 295. The first-order valence-electron chi connectivity index (χ1n) is 11.1. The molecule has 26 heavy (non-hydrogen) atoms. The molecular weight excluding hydrogens is 337 g/mol. The van der Waals surface area contributed by atoms with Crippen molar-refractivity contribution in [2.75, 3.05) is 0 Å². The first kappa shape index (κ1) is 28.4. The fourth-order valence-electron chi connectivity index (χ4n) is 3.38. The van der Waals surface area contributed by atoms with Crippen LogP contribution in [0.2, 0.25) is 0 Å². The second-order valence-electron chi connectivity index (χ2n) is 7.68. The van der Waals surface area contributed by atoms with Crippen molar-refractivity contribution in [1.82, 2.24) is 0 Å². The Morgan fingerprint density at radius 3 is 1.42 bits per heavy atom. The summed E-state index contributed by atoms with van der Waals surface area (Å²) >= 11 is 0. The van der Waals surface area contributed by atoms with Crippen LogP contribution in [0.5, 0.6) is 0 Å². The third-order valence-corrected chi connectivity index (χ3v) is 5.07. The van der Waals surface area contributed by atoms with Crippen LogP contribution >= 0.6 is 0 Å². The number of rotatable bonds is 20. The molecule has 0 aromatic rings. The molecule has 1 atom stereocenters. The van der Waals surface area contributed by atoms with Crippen LogP contribution in [0, 0.1) is 0 Å². The first-order chi connectivity index (χ1) is 12.2. The third kappa shape index (κ3) is 24.2. The fourth-order valence-corrected chi connectivity index (χ4v) is 3.38. The van der Waals surface area contributed by atoms with Gasteiger partial charge in [0.2, 0.25) is 0 Å². The van der Waals surface area contributed by atoms with E-state index >= 15 is 0 Å². The van der Waals surface area contributed by atoms with Crippen LogP contribution in [0.4, 0.5) is 0 Å². The molecule has 0 aliphatic carbocycles. The normalized spacial score (nSPS) is 11.9. The molecule has 0 aromatic heterocycles. The van der Waals surface area contributed by atoms with Gasteiger partial charge in [-0.3, -0.25) is 4.79 Å². The molecule has 154 valence electrons. The average molecular weight is 383 g/mol. The van der Waals surface area contributed by atoms with Crippen molar-refractivity contribution in [3.05, 3.63) is 0 Å². The molecule has 0 spiro atoms. The zero-order chi connectivity index (χ0) is 18.6. The van der Waals surface area contributed by atoms with E-state index in [1.54, 1.807) is 0 Å². The summed E-state index contributed by atoms with van der Waals surface area (Å²) in [6, 6.07) is 0. The Morgan fingerprint density at radius 1 is 0.692 bits per heavy atom. The van der Waals surface area contributed by atoms with Crippen LogP contribution in [0.15, 0.2) is 0 Å². The summed E-state index contributed by atoms with van der Waals surface area (Å²) in [5.74, 6) is -0.675. The zero-order valence-electron chi connectivity index (χ0n) is 19.5.